The number of nitrogens with zero attached hydrogens (tertiary/aromatic N) is 1. The fourth-order valence-corrected chi connectivity index (χ4v) is 2.20. The summed E-state index contributed by atoms with van der Waals surface area (Å²) in [6.07, 6.45) is 0.543. The number of aliphatic hydroxyl groups is 1. The first-order valence-corrected chi connectivity index (χ1v) is 6.11. The second-order valence-electron chi connectivity index (χ2n) is 4.89. The fourth-order valence-electron chi connectivity index (χ4n) is 2.20. The molecular formula is C15H19NO. The molecule has 0 aliphatic carbocycles. The Labute approximate surface area is 102 Å². The average Bonchev–Trinajstić information content (AvgIpc) is 2.27. The van der Waals surface area contributed by atoms with Crippen molar-refractivity contribution < 1.29 is 5.11 Å². The minimum absolute atomic E-state index is 0.253. The highest BCUT2D eigenvalue weighted by molar-refractivity contribution is 5.79. The molecule has 1 heterocycles. The maximum absolute atomic E-state index is 9.42. The summed E-state index contributed by atoms with van der Waals surface area (Å²) in [6, 6.07) is 10.5. The van der Waals surface area contributed by atoms with Crippen molar-refractivity contribution in [2.75, 3.05) is 0 Å². The van der Waals surface area contributed by atoms with Gasteiger partial charge in [-0.05, 0) is 49.9 Å². The van der Waals surface area contributed by atoms with Gasteiger partial charge in [-0.25, -0.2) is 0 Å². The summed E-state index contributed by atoms with van der Waals surface area (Å²) >= 11 is 0. The topological polar surface area (TPSA) is 33.1 Å². The highest BCUT2D eigenvalue weighted by Crippen LogP contribution is 2.24. The summed E-state index contributed by atoms with van der Waals surface area (Å²) in [4.78, 5) is 4.49. The van der Waals surface area contributed by atoms with E-state index in [0.29, 0.717) is 5.92 Å². The van der Waals surface area contributed by atoms with Gasteiger partial charge in [0.05, 0.1) is 11.6 Å². The maximum Gasteiger partial charge on any atom is 0.0705 e. The number of fused-ring (bicyclic) bond motifs is 1. The van der Waals surface area contributed by atoms with Crippen LogP contribution in [0.5, 0.6) is 0 Å². The molecule has 1 N–H and O–H groups in total. The number of benzene rings is 1. The smallest absolute Gasteiger partial charge is 0.0705 e. The van der Waals surface area contributed by atoms with E-state index in [4.69, 9.17) is 0 Å². The minimum atomic E-state index is -0.253. The molecule has 0 radical (unpaired) electrons. The van der Waals surface area contributed by atoms with E-state index in [0.717, 1.165) is 17.6 Å². The molecule has 90 valence electrons. The van der Waals surface area contributed by atoms with Crippen molar-refractivity contribution in [2.24, 2.45) is 0 Å². The Morgan fingerprint density at radius 1 is 1.18 bits per heavy atom. The standard InChI is InChI=1S/C15H19NO/c1-10(8-12(3)17)13-6-7-15-14(9-13)5-4-11(2)16-15/h4-7,9-10,12,17H,8H2,1-3H3. The van der Waals surface area contributed by atoms with Gasteiger partial charge in [-0.3, -0.25) is 4.98 Å². The lowest BCUT2D eigenvalue weighted by atomic mass is 9.94. The monoisotopic (exact) mass is 229 g/mol. The Hall–Kier alpha value is -1.41. The Bertz CT molecular complexity index is 519. The van der Waals surface area contributed by atoms with Crippen LogP contribution < -0.4 is 0 Å². The molecule has 2 rings (SSSR count). The van der Waals surface area contributed by atoms with Crippen molar-refractivity contribution in [1.82, 2.24) is 4.98 Å². The van der Waals surface area contributed by atoms with E-state index in [1.807, 2.05) is 19.9 Å². The molecule has 2 nitrogen and oxygen atoms in total. The predicted molar refractivity (Wildman–Crippen MR) is 71.2 cm³/mol. The van der Waals surface area contributed by atoms with Crippen LogP contribution in [-0.2, 0) is 0 Å². The van der Waals surface area contributed by atoms with E-state index in [-0.39, 0.29) is 6.10 Å². The van der Waals surface area contributed by atoms with Crippen molar-refractivity contribution in [3.05, 3.63) is 41.6 Å². The second-order valence-corrected chi connectivity index (χ2v) is 4.89. The lowest BCUT2D eigenvalue weighted by Crippen LogP contribution is -2.05. The molecule has 2 aromatic rings. The zero-order valence-corrected chi connectivity index (χ0v) is 10.6. The van der Waals surface area contributed by atoms with Crippen LogP contribution in [0.2, 0.25) is 0 Å². The first-order chi connectivity index (χ1) is 8.06. The molecule has 0 aliphatic heterocycles. The third-order valence-corrected chi connectivity index (χ3v) is 3.12. The van der Waals surface area contributed by atoms with Gasteiger partial charge in [-0.1, -0.05) is 19.1 Å². The summed E-state index contributed by atoms with van der Waals surface area (Å²) in [7, 11) is 0. The summed E-state index contributed by atoms with van der Waals surface area (Å²) in [5, 5.41) is 10.6. The number of rotatable bonds is 3. The third-order valence-electron chi connectivity index (χ3n) is 3.12. The van der Waals surface area contributed by atoms with Crippen LogP contribution in [0.4, 0.5) is 0 Å². The lowest BCUT2D eigenvalue weighted by molar-refractivity contribution is 0.176. The molecule has 0 aliphatic rings. The van der Waals surface area contributed by atoms with Gasteiger partial charge >= 0.3 is 0 Å². The first kappa shape index (κ1) is 12.1. The summed E-state index contributed by atoms with van der Waals surface area (Å²) in [5.41, 5.74) is 3.35. The van der Waals surface area contributed by atoms with E-state index < -0.39 is 0 Å². The zero-order valence-electron chi connectivity index (χ0n) is 10.6. The molecule has 1 aromatic carbocycles. The van der Waals surface area contributed by atoms with Crippen molar-refractivity contribution >= 4 is 10.9 Å². The van der Waals surface area contributed by atoms with Gasteiger partial charge in [0.15, 0.2) is 0 Å². The van der Waals surface area contributed by atoms with Crippen molar-refractivity contribution in [3.63, 3.8) is 0 Å². The Kier molecular flexibility index (Phi) is 3.43. The largest absolute Gasteiger partial charge is 0.393 e. The van der Waals surface area contributed by atoms with Crippen molar-refractivity contribution in [2.45, 2.75) is 39.2 Å². The van der Waals surface area contributed by atoms with E-state index in [9.17, 15) is 5.11 Å². The van der Waals surface area contributed by atoms with Gasteiger partial charge < -0.3 is 5.11 Å². The Morgan fingerprint density at radius 3 is 2.65 bits per heavy atom. The Balaban J connectivity index is 2.34. The van der Waals surface area contributed by atoms with Crippen LogP contribution in [0, 0.1) is 6.92 Å². The molecule has 2 atom stereocenters. The van der Waals surface area contributed by atoms with Crippen LogP contribution >= 0.6 is 0 Å². The fraction of sp³-hybridized carbons (Fsp3) is 0.400. The number of hydrogen-bond donors (Lipinski definition) is 1. The molecule has 2 unspecified atom stereocenters. The molecule has 0 spiro atoms. The minimum Gasteiger partial charge on any atom is -0.393 e. The molecule has 1 aromatic heterocycles. The predicted octanol–water partition coefficient (Wildman–Crippen LogP) is 3.42. The molecule has 2 heteroatoms. The van der Waals surface area contributed by atoms with Gasteiger partial charge in [0.25, 0.3) is 0 Å². The lowest BCUT2D eigenvalue weighted by Gasteiger charge is -2.14. The van der Waals surface area contributed by atoms with Crippen LogP contribution in [0.15, 0.2) is 30.3 Å². The van der Waals surface area contributed by atoms with Crippen LogP contribution in [0.25, 0.3) is 10.9 Å². The van der Waals surface area contributed by atoms with E-state index >= 15 is 0 Å². The van der Waals surface area contributed by atoms with Crippen molar-refractivity contribution in [1.29, 1.82) is 0 Å². The van der Waals surface area contributed by atoms with E-state index in [2.05, 4.69) is 36.2 Å². The van der Waals surface area contributed by atoms with Gasteiger partial charge in [0.2, 0.25) is 0 Å². The first-order valence-electron chi connectivity index (χ1n) is 6.11. The highest BCUT2D eigenvalue weighted by atomic mass is 16.3. The molecule has 17 heavy (non-hydrogen) atoms. The number of pyridine rings is 1. The van der Waals surface area contributed by atoms with Crippen LogP contribution in [-0.4, -0.2) is 16.2 Å². The van der Waals surface area contributed by atoms with Gasteiger partial charge in [-0.2, -0.15) is 0 Å². The van der Waals surface area contributed by atoms with E-state index in [1.165, 1.54) is 10.9 Å². The maximum atomic E-state index is 9.42. The van der Waals surface area contributed by atoms with Crippen LogP contribution in [0.1, 0.15) is 37.4 Å². The number of aliphatic hydroxyl groups excluding tert-OH is 1. The molecule has 0 amide bonds. The number of aromatic nitrogens is 1. The third kappa shape index (κ3) is 2.83. The SMILES string of the molecule is Cc1ccc2cc(C(C)CC(C)O)ccc2n1. The van der Waals surface area contributed by atoms with E-state index in [1.54, 1.807) is 0 Å². The normalized spacial score (nSPS) is 14.8. The average molecular weight is 229 g/mol. The van der Waals surface area contributed by atoms with Crippen molar-refractivity contribution in [3.8, 4) is 0 Å². The van der Waals surface area contributed by atoms with Crippen LogP contribution in [0.3, 0.4) is 0 Å². The second kappa shape index (κ2) is 4.84. The van der Waals surface area contributed by atoms with Gasteiger partial charge in [0, 0.05) is 11.1 Å². The summed E-state index contributed by atoms with van der Waals surface area (Å²) in [6.45, 7) is 5.99. The van der Waals surface area contributed by atoms with Gasteiger partial charge in [0.1, 0.15) is 0 Å². The molecule has 0 fully saturated rings. The molecule has 0 bridgehead atoms. The zero-order chi connectivity index (χ0) is 12.4. The molecular weight excluding hydrogens is 210 g/mol. The molecule has 0 saturated carbocycles. The molecule has 0 saturated heterocycles. The Morgan fingerprint density at radius 2 is 1.94 bits per heavy atom. The number of aryl methyl sites for hydroxylation is 1. The van der Waals surface area contributed by atoms with Gasteiger partial charge in [-0.15, -0.1) is 0 Å². The quantitative estimate of drug-likeness (QED) is 0.874. The number of hydrogen-bond acceptors (Lipinski definition) is 2. The summed E-state index contributed by atoms with van der Waals surface area (Å²) < 4.78 is 0. The summed E-state index contributed by atoms with van der Waals surface area (Å²) in [5.74, 6) is 0.376. The highest BCUT2D eigenvalue weighted by Gasteiger charge is 2.09.